The summed E-state index contributed by atoms with van der Waals surface area (Å²) in [7, 11) is 0. The minimum Gasteiger partial charge on any atom is -0.508 e. The van der Waals surface area contributed by atoms with Crippen LogP contribution in [0.4, 0.5) is 0 Å². The highest BCUT2D eigenvalue weighted by Crippen LogP contribution is 2.41. The van der Waals surface area contributed by atoms with Crippen molar-refractivity contribution in [2.75, 3.05) is 6.26 Å². The molecule has 0 radical (unpaired) electrons. The first kappa shape index (κ1) is 12.8. The molecule has 0 spiro atoms. The average Bonchev–Trinajstić information content (AvgIpc) is 2.33. The van der Waals surface area contributed by atoms with E-state index in [1.165, 1.54) is 24.2 Å². The molecule has 1 aromatic rings. The van der Waals surface area contributed by atoms with E-state index in [2.05, 4.69) is 12.3 Å². The largest absolute Gasteiger partial charge is 0.508 e. The summed E-state index contributed by atoms with van der Waals surface area (Å²) >= 11 is 1.72. The molecule has 3 N–H and O–H groups in total. The second kappa shape index (κ2) is 4.91. The van der Waals surface area contributed by atoms with Gasteiger partial charge < -0.3 is 10.8 Å². The molecule has 0 aliphatic heterocycles. The van der Waals surface area contributed by atoms with Crippen LogP contribution in [0.25, 0.3) is 0 Å². The molecule has 2 nitrogen and oxygen atoms in total. The van der Waals surface area contributed by atoms with E-state index in [0.29, 0.717) is 5.75 Å². The van der Waals surface area contributed by atoms with Crippen molar-refractivity contribution in [1.82, 2.24) is 0 Å². The van der Waals surface area contributed by atoms with Gasteiger partial charge in [0.1, 0.15) is 5.75 Å². The van der Waals surface area contributed by atoms with Crippen LogP contribution in [0.5, 0.6) is 5.75 Å². The first-order chi connectivity index (χ1) is 8.07. The van der Waals surface area contributed by atoms with Crippen molar-refractivity contribution >= 4 is 11.8 Å². The molecule has 1 aliphatic carbocycles. The Morgan fingerprint density at radius 2 is 1.88 bits per heavy atom. The van der Waals surface area contributed by atoms with E-state index in [0.717, 1.165) is 24.0 Å². The average molecular weight is 251 g/mol. The molecule has 17 heavy (non-hydrogen) atoms. The molecule has 0 amide bonds. The van der Waals surface area contributed by atoms with Crippen molar-refractivity contribution < 1.29 is 5.11 Å². The first-order valence-electron chi connectivity index (χ1n) is 6.24. The lowest BCUT2D eigenvalue weighted by atomic mass is 9.77. The lowest BCUT2D eigenvalue weighted by Gasteiger charge is -2.35. The van der Waals surface area contributed by atoms with Crippen LogP contribution in [0.15, 0.2) is 17.0 Å². The Morgan fingerprint density at radius 3 is 2.47 bits per heavy atom. The molecule has 0 heterocycles. The molecule has 94 valence electrons. The van der Waals surface area contributed by atoms with Gasteiger partial charge >= 0.3 is 0 Å². The first-order valence-corrected chi connectivity index (χ1v) is 7.46. The number of hydrogen-bond acceptors (Lipinski definition) is 3. The van der Waals surface area contributed by atoms with Gasteiger partial charge in [0, 0.05) is 10.4 Å². The predicted octanol–water partition coefficient (Wildman–Crippen LogP) is 3.54. The minimum atomic E-state index is -0.234. The number of hydrogen-bond donors (Lipinski definition) is 2. The molecule has 1 aromatic carbocycles. The quantitative estimate of drug-likeness (QED) is 0.790. The fraction of sp³-hybridized carbons (Fsp3) is 0.571. The number of rotatable bonds is 2. The molecular weight excluding hydrogens is 230 g/mol. The molecule has 1 fully saturated rings. The van der Waals surface area contributed by atoms with Crippen LogP contribution in [0.1, 0.15) is 43.2 Å². The number of aryl methyl sites for hydroxylation is 1. The molecule has 3 heteroatoms. The molecule has 0 saturated heterocycles. The molecule has 2 rings (SSSR count). The third-order valence-corrected chi connectivity index (χ3v) is 4.58. The van der Waals surface area contributed by atoms with Gasteiger partial charge in [-0.2, -0.15) is 0 Å². The van der Waals surface area contributed by atoms with Crippen LogP contribution < -0.4 is 5.73 Å². The number of nitrogens with two attached hydrogens (primary N) is 1. The van der Waals surface area contributed by atoms with Crippen LogP contribution in [-0.4, -0.2) is 11.4 Å². The summed E-state index contributed by atoms with van der Waals surface area (Å²) in [5.41, 5.74) is 8.38. The maximum Gasteiger partial charge on any atom is 0.118 e. The summed E-state index contributed by atoms with van der Waals surface area (Å²) < 4.78 is 0. The molecule has 0 aromatic heterocycles. The zero-order valence-corrected chi connectivity index (χ0v) is 11.4. The number of phenols is 1. The third-order valence-electron chi connectivity index (χ3n) is 3.80. The van der Waals surface area contributed by atoms with Crippen LogP contribution in [0.3, 0.4) is 0 Å². The van der Waals surface area contributed by atoms with Gasteiger partial charge in [-0.1, -0.05) is 19.3 Å². The van der Waals surface area contributed by atoms with Gasteiger partial charge in [-0.15, -0.1) is 11.8 Å². The highest BCUT2D eigenvalue weighted by atomic mass is 32.2. The van der Waals surface area contributed by atoms with Gasteiger partial charge in [-0.25, -0.2) is 0 Å². The Balaban J connectivity index is 2.45. The van der Waals surface area contributed by atoms with E-state index in [-0.39, 0.29) is 5.54 Å². The SMILES string of the molecule is CSc1cc(C)c(O)cc1C1(N)CCCCC1. The Bertz CT molecular complexity index is 411. The normalized spacial score (nSPS) is 19.2. The predicted molar refractivity (Wildman–Crippen MR) is 73.6 cm³/mol. The fourth-order valence-electron chi connectivity index (χ4n) is 2.68. The second-order valence-corrected chi connectivity index (χ2v) is 5.90. The zero-order chi connectivity index (χ0) is 12.5. The van der Waals surface area contributed by atoms with Crippen molar-refractivity contribution in [3.05, 3.63) is 23.3 Å². The number of aromatic hydroxyl groups is 1. The summed E-state index contributed by atoms with van der Waals surface area (Å²) in [5.74, 6) is 0.369. The second-order valence-electron chi connectivity index (χ2n) is 5.06. The summed E-state index contributed by atoms with van der Waals surface area (Å²) in [4.78, 5) is 1.21. The highest BCUT2D eigenvalue weighted by molar-refractivity contribution is 7.98. The molecule has 0 bridgehead atoms. The van der Waals surface area contributed by atoms with Gasteiger partial charge in [0.15, 0.2) is 0 Å². The van der Waals surface area contributed by atoms with E-state index < -0.39 is 0 Å². The van der Waals surface area contributed by atoms with Crippen molar-refractivity contribution in [3.8, 4) is 5.75 Å². The number of phenolic OH excluding ortho intramolecular Hbond substituents is 1. The molecule has 0 atom stereocenters. The van der Waals surface area contributed by atoms with Crippen molar-refractivity contribution in [1.29, 1.82) is 0 Å². The maximum absolute atomic E-state index is 9.90. The molecule has 1 aliphatic rings. The van der Waals surface area contributed by atoms with Gasteiger partial charge in [-0.3, -0.25) is 0 Å². The standard InChI is InChI=1S/C14H21NOS/c1-10-8-13(17-2)11(9-12(10)16)14(15)6-4-3-5-7-14/h8-9,16H,3-7,15H2,1-2H3. The number of benzene rings is 1. The lowest BCUT2D eigenvalue weighted by molar-refractivity contribution is 0.297. The topological polar surface area (TPSA) is 46.2 Å². The summed E-state index contributed by atoms with van der Waals surface area (Å²) in [6.45, 7) is 1.93. The monoisotopic (exact) mass is 251 g/mol. The fourth-order valence-corrected chi connectivity index (χ4v) is 3.46. The van der Waals surface area contributed by atoms with E-state index in [1.54, 1.807) is 11.8 Å². The Morgan fingerprint density at radius 1 is 1.24 bits per heavy atom. The Labute approximate surface area is 108 Å². The van der Waals surface area contributed by atoms with Crippen LogP contribution in [0, 0.1) is 6.92 Å². The van der Waals surface area contributed by atoms with Crippen LogP contribution in [-0.2, 0) is 5.54 Å². The van der Waals surface area contributed by atoms with Crippen LogP contribution >= 0.6 is 11.8 Å². The van der Waals surface area contributed by atoms with Gasteiger partial charge in [0.2, 0.25) is 0 Å². The minimum absolute atomic E-state index is 0.234. The van der Waals surface area contributed by atoms with Gasteiger partial charge in [-0.05, 0) is 49.3 Å². The van der Waals surface area contributed by atoms with E-state index in [1.807, 2.05) is 13.0 Å². The van der Waals surface area contributed by atoms with Gasteiger partial charge in [0.25, 0.3) is 0 Å². The lowest BCUT2D eigenvalue weighted by Crippen LogP contribution is -2.39. The zero-order valence-electron chi connectivity index (χ0n) is 10.6. The van der Waals surface area contributed by atoms with Crippen LogP contribution in [0.2, 0.25) is 0 Å². The van der Waals surface area contributed by atoms with Gasteiger partial charge in [0.05, 0.1) is 0 Å². The Kier molecular flexibility index (Phi) is 3.69. The van der Waals surface area contributed by atoms with E-state index >= 15 is 0 Å². The smallest absolute Gasteiger partial charge is 0.118 e. The maximum atomic E-state index is 9.90. The summed E-state index contributed by atoms with van der Waals surface area (Å²) in [6, 6.07) is 3.94. The molecule has 1 saturated carbocycles. The van der Waals surface area contributed by atoms with Crippen molar-refractivity contribution in [2.45, 2.75) is 49.5 Å². The molecule has 0 unspecified atom stereocenters. The van der Waals surface area contributed by atoms with Crippen molar-refractivity contribution in [2.24, 2.45) is 5.73 Å². The molecular formula is C14H21NOS. The van der Waals surface area contributed by atoms with E-state index in [4.69, 9.17) is 5.73 Å². The highest BCUT2D eigenvalue weighted by Gasteiger charge is 2.31. The van der Waals surface area contributed by atoms with Crippen molar-refractivity contribution in [3.63, 3.8) is 0 Å². The Hall–Kier alpha value is -0.670. The summed E-state index contributed by atoms with van der Waals surface area (Å²) in [6.07, 6.45) is 7.80. The van der Waals surface area contributed by atoms with E-state index in [9.17, 15) is 5.11 Å². The third kappa shape index (κ3) is 2.45. The number of thioether (sulfide) groups is 1. The summed E-state index contributed by atoms with van der Waals surface area (Å²) in [5, 5.41) is 9.90.